The molecule has 1 heterocycles. The lowest BCUT2D eigenvalue weighted by molar-refractivity contribution is 0.323. The van der Waals surface area contributed by atoms with Gasteiger partial charge in [-0.25, -0.2) is 0 Å². The van der Waals surface area contributed by atoms with E-state index in [4.69, 9.17) is 14.2 Å². The fourth-order valence-corrected chi connectivity index (χ4v) is 3.03. The number of rotatable bonds is 8. The van der Waals surface area contributed by atoms with Crippen LogP contribution in [0.5, 0.6) is 17.2 Å². The van der Waals surface area contributed by atoms with E-state index in [0.29, 0.717) is 17.2 Å². The van der Waals surface area contributed by atoms with Crippen LogP contribution >= 0.6 is 0 Å². The molecule has 2 aromatic carbocycles. The Bertz CT molecular complexity index is 817. The molecule has 0 saturated carbocycles. The molecule has 5 heteroatoms. The van der Waals surface area contributed by atoms with Crippen molar-refractivity contribution in [3.8, 4) is 17.2 Å². The van der Waals surface area contributed by atoms with E-state index in [0.717, 1.165) is 25.1 Å². The number of para-hydroxylation sites is 1. The van der Waals surface area contributed by atoms with Crippen molar-refractivity contribution in [2.75, 3.05) is 27.9 Å². The summed E-state index contributed by atoms with van der Waals surface area (Å²) in [5, 5.41) is 4.77. The third-order valence-corrected chi connectivity index (χ3v) is 4.30. The van der Waals surface area contributed by atoms with Gasteiger partial charge in [0.1, 0.15) is 0 Å². The number of nitrogens with one attached hydrogen (secondary N) is 2. The van der Waals surface area contributed by atoms with E-state index in [1.54, 1.807) is 21.3 Å². The van der Waals surface area contributed by atoms with Crippen molar-refractivity contribution in [3.63, 3.8) is 0 Å². The number of aromatic amines is 1. The van der Waals surface area contributed by atoms with Gasteiger partial charge in [-0.2, -0.15) is 0 Å². The molecule has 0 atom stereocenters. The fourth-order valence-electron chi connectivity index (χ4n) is 3.03. The van der Waals surface area contributed by atoms with E-state index in [2.05, 4.69) is 34.7 Å². The van der Waals surface area contributed by atoms with Gasteiger partial charge in [-0.1, -0.05) is 18.2 Å². The molecule has 0 radical (unpaired) electrons. The molecule has 0 aliphatic carbocycles. The molecule has 0 spiro atoms. The highest BCUT2D eigenvalue weighted by Gasteiger charge is 2.12. The maximum atomic E-state index is 5.40. The Labute approximate surface area is 147 Å². The second-order valence-electron chi connectivity index (χ2n) is 5.82. The smallest absolute Gasteiger partial charge is 0.203 e. The lowest BCUT2D eigenvalue weighted by Gasteiger charge is -2.14. The van der Waals surface area contributed by atoms with Gasteiger partial charge in [-0.05, 0) is 42.3 Å². The average Bonchev–Trinajstić information content (AvgIpc) is 3.07. The number of ether oxygens (including phenoxy) is 3. The molecule has 2 N–H and O–H groups in total. The standard InChI is InChI=1S/C20H24N2O3/c1-23-18-10-14(11-19(24-2)20(18)25-3)12-21-9-8-15-13-22-17-7-5-4-6-16(15)17/h4-7,10-11,13,21-22H,8-9,12H2,1-3H3. The summed E-state index contributed by atoms with van der Waals surface area (Å²) in [6, 6.07) is 12.3. The lowest BCUT2D eigenvalue weighted by Crippen LogP contribution is -2.16. The normalized spacial score (nSPS) is 10.8. The van der Waals surface area contributed by atoms with Gasteiger partial charge in [0.2, 0.25) is 5.75 Å². The monoisotopic (exact) mass is 340 g/mol. The van der Waals surface area contributed by atoms with Crippen molar-refractivity contribution >= 4 is 10.9 Å². The zero-order valence-electron chi connectivity index (χ0n) is 14.9. The van der Waals surface area contributed by atoms with Crippen molar-refractivity contribution in [2.24, 2.45) is 0 Å². The first-order chi connectivity index (χ1) is 12.3. The quantitative estimate of drug-likeness (QED) is 0.616. The van der Waals surface area contributed by atoms with Crippen molar-refractivity contribution in [1.29, 1.82) is 0 Å². The minimum absolute atomic E-state index is 0.618. The Morgan fingerprint density at radius 3 is 2.36 bits per heavy atom. The van der Waals surface area contributed by atoms with Crippen LogP contribution in [0.1, 0.15) is 11.1 Å². The highest BCUT2D eigenvalue weighted by Crippen LogP contribution is 2.38. The van der Waals surface area contributed by atoms with Crippen LogP contribution in [-0.2, 0) is 13.0 Å². The summed E-state index contributed by atoms with van der Waals surface area (Å²) in [4.78, 5) is 3.31. The molecule has 3 aromatic rings. The molecule has 0 bridgehead atoms. The Kier molecular flexibility index (Phi) is 5.46. The second-order valence-corrected chi connectivity index (χ2v) is 5.82. The molecule has 0 aliphatic rings. The van der Waals surface area contributed by atoms with Gasteiger partial charge in [0.15, 0.2) is 11.5 Å². The van der Waals surface area contributed by atoms with E-state index in [1.165, 1.54) is 16.5 Å². The van der Waals surface area contributed by atoms with E-state index in [-0.39, 0.29) is 0 Å². The van der Waals surface area contributed by atoms with Gasteiger partial charge in [-0.3, -0.25) is 0 Å². The molecule has 25 heavy (non-hydrogen) atoms. The van der Waals surface area contributed by atoms with Crippen LogP contribution in [0.25, 0.3) is 10.9 Å². The largest absolute Gasteiger partial charge is 0.493 e. The number of hydrogen-bond donors (Lipinski definition) is 2. The molecular weight excluding hydrogens is 316 g/mol. The predicted molar refractivity (Wildman–Crippen MR) is 99.8 cm³/mol. The highest BCUT2D eigenvalue weighted by atomic mass is 16.5. The minimum atomic E-state index is 0.618. The summed E-state index contributed by atoms with van der Waals surface area (Å²) in [6.45, 7) is 1.62. The van der Waals surface area contributed by atoms with Crippen molar-refractivity contribution < 1.29 is 14.2 Å². The first-order valence-electron chi connectivity index (χ1n) is 8.31. The molecule has 5 nitrogen and oxygen atoms in total. The van der Waals surface area contributed by atoms with Crippen LogP contribution in [0, 0.1) is 0 Å². The first kappa shape index (κ1) is 17.2. The van der Waals surface area contributed by atoms with Crippen molar-refractivity contribution in [1.82, 2.24) is 10.3 Å². The van der Waals surface area contributed by atoms with Gasteiger partial charge in [0, 0.05) is 23.6 Å². The number of fused-ring (bicyclic) bond motifs is 1. The topological polar surface area (TPSA) is 55.5 Å². The van der Waals surface area contributed by atoms with Crippen LogP contribution in [0.4, 0.5) is 0 Å². The number of H-pyrrole nitrogens is 1. The van der Waals surface area contributed by atoms with E-state index < -0.39 is 0 Å². The van der Waals surface area contributed by atoms with E-state index in [1.807, 2.05) is 18.2 Å². The first-order valence-corrected chi connectivity index (χ1v) is 8.31. The summed E-state index contributed by atoms with van der Waals surface area (Å²) in [6.07, 6.45) is 3.06. The molecule has 0 saturated heterocycles. The van der Waals surface area contributed by atoms with Gasteiger partial charge in [0.25, 0.3) is 0 Å². The van der Waals surface area contributed by atoms with Crippen LogP contribution in [0.3, 0.4) is 0 Å². The predicted octanol–water partition coefficient (Wildman–Crippen LogP) is 3.53. The van der Waals surface area contributed by atoms with Crippen LogP contribution < -0.4 is 19.5 Å². The molecule has 0 fully saturated rings. The Morgan fingerprint density at radius 1 is 0.960 bits per heavy atom. The molecule has 0 aliphatic heterocycles. The molecule has 0 unspecified atom stereocenters. The maximum absolute atomic E-state index is 5.40. The number of methoxy groups -OCH3 is 3. The summed E-state index contributed by atoms with van der Waals surface area (Å²) in [7, 11) is 4.87. The van der Waals surface area contributed by atoms with Gasteiger partial charge >= 0.3 is 0 Å². The summed E-state index contributed by atoms with van der Waals surface area (Å²) in [5.41, 5.74) is 3.60. The maximum Gasteiger partial charge on any atom is 0.203 e. The Balaban J connectivity index is 1.62. The number of benzene rings is 2. The number of hydrogen-bond acceptors (Lipinski definition) is 4. The summed E-state index contributed by atoms with van der Waals surface area (Å²) < 4.78 is 16.1. The molecule has 0 amide bonds. The average molecular weight is 340 g/mol. The van der Waals surface area contributed by atoms with Crippen LogP contribution in [0.2, 0.25) is 0 Å². The minimum Gasteiger partial charge on any atom is -0.493 e. The zero-order chi connectivity index (χ0) is 17.6. The zero-order valence-corrected chi connectivity index (χ0v) is 14.9. The van der Waals surface area contributed by atoms with Gasteiger partial charge in [0.05, 0.1) is 21.3 Å². The Hall–Kier alpha value is -2.66. The third kappa shape index (κ3) is 3.72. The van der Waals surface area contributed by atoms with Gasteiger partial charge in [-0.15, -0.1) is 0 Å². The SMILES string of the molecule is COc1cc(CNCCc2c[nH]c3ccccc23)cc(OC)c1OC. The molecule has 132 valence electrons. The van der Waals surface area contributed by atoms with Crippen molar-refractivity contribution in [2.45, 2.75) is 13.0 Å². The fraction of sp³-hybridized carbons (Fsp3) is 0.300. The molecular formula is C20H24N2O3. The van der Waals surface area contributed by atoms with Crippen LogP contribution in [0.15, 0.2) is 42.6 Å². The summed E-state index contributed by atoms with van der Waals surface area (Å²) in [5.74, 6) is 1.97. The second kappa shape index (κ2) is 7.94. The van der Waals surface area contributed by atoms with E-state index in [9.17, 15) is 0 Å². The van der Waals surface area contributed by atoms with Gasteiger partial charge < -0.3 is 24.5 Å². The van der Waals surface area contributed by atoms with Crippen LogP contribution in [-0.4, -0.2) is 32.9 Å². The van der Waals surface area contributed by atoms with E-state index >= 15 is 0 Å². The Morgan fingerprint density at radius 2 is 1.68 bits per heavy atom. The number of aromatic nitrogens is 1. The van der Waals surface area contributed by atoms with Crippen molar-refractivity contribution in [3.05, 3.63) is 53.7 Å². The molecule has 3 rings (SSSR count). The third-order valence-electron chi connectivity index (χ3n) is 4.30. The highest BCUT2D eigenvalue weighted by molar-refractivity contribution is 5.83. The summed E-state index contributed by atoms with van der Waals surface area (Å²) >= 11 is 0. The molecule has 1 aromatic heterocycles. The lowest BCUT2D eigenvalue weighted by atomic mass is 10.1.